The number of hydrogen-bond donors (Lipinski definition) is 1. The SMILES string of the molecule is COC(=O)CC(C1C=C(c2ccc(OCc3cc(C)nc4ccccc34)cc2)NO1)N(C)C. The molecule has 0 fully saturated rings. The number of esters is 1. The number of carbonyl (C=O) groups excluding carboxylic acids is 1. The molecule has 2 atom stereocenters. The minimum Gasteiger partial charge on any atom is -0.489 e. The van der Waals surface area contributed by atoms with Gasteiger partial charge in [0.1, 0.15) is 18.5 Å². The van der Waals surface area contributed by atoms with E-state index in [9.17, 15) is 4.79 Å². The van der Waals surface area contributed by atoms with Crippen molar-refractivity contribution < 1.29 is 19.1 Å². The average molecular weight is 448 g/mol. The number of nitrogens with one attached hydrogen (secondary N) is 1. The van der Waals surface area contributed by atoms with Crippen molar-refractivity contribution in [2.45, 2.75) is 32.1 Å². The van der Waals surface area contributed by atoms with Crippen molar-refractivity contribution in [2.24, 2.45) is 0 Å². The van der Waals surface area contributed by atoms with Gasteiger partial charge >= 0.3 is 5.97 Å². The van der Waals surface area contributed by atoms with Crippen LogP contribution in [0.15, 0.2) is 60.7 Å². The fraction of sp³-hybridized carbons (Fsp3) is 0.308. The summed E-state index contributed by atoms with van der Waals surface area (Å²) in [7, 11) is 5.23. The largest absolute Gasteiger partial charge is 0.489 e. The Balaban J connectivity index is 1.44. The van der Waals surface area contributed by atoms with Gasteiger partial charge in [-0.3, -0.25) is 20.1 Å². The van der Waals surface area contributed by atoms with E-state index in [0.29, 0.717) is 6.61 Å². The van der Waals surface area contributed by atoms with E-state index in [0.717, 1.165) is 39.2 Å². The number of ether oxygens (including phenoxy) is 2. The van der Waals surface area contributed by atoms with Crippen molar-refractivity contribution >= 4 is 22.6 Å². The maximum atomic E-state index is 11.8. The molecule has 172 valence electrons. The number of hydrogen-bond acceptors (Lipinski definition) is 7. The molecule has 0 bridgehead atoms. The van der Waals surface area contributed by atoms with Crippen LogP contribution in [-0.4, -0.2) is 49.2 Å². The van der Waals surface area contributed by atoms with Gasteiger partial charge in [-0.05, 0) is 69.1 Å². The highest BCUT2D eigenvalue weighted by molar-refractivity contribution is 5.82. The number of likely N-dealkylation sites (N-methyl/N-ethyl adjacent to an activating group) is 1. The molecule has 0 radical (unpaired) electrons. The summed E-state index contributed by atoms with van der Waals surface area (Å²) in [5, 5.41) is 1.10. The van der Waals surface area contributed by atoms with Gasteiger partial charge in [0.15, 0.2) is 0 Å². The zero-order valence-corrected chi connectivity index (χ0v) is 19.4. The summed E-state index contributed by atoms with van der Waals surface area (Å²) in [5.74, 6) is 0.517. The highest BCUT2D eigenvalue weighted by Gasteiger charge is 2.30. The summed E-state index contributed by atoms with van der Waals surface area (Å²) in [6, 6.07) is 17.9. The quantitative estimate of drug-likeness (QED) is 0.526. The molecule has 0 saturated carbocycles. The van der Waals surface area contributed by atoms with Gasteiger partial charge in [-0.2, -0.15) is 0 Å². The number of rotatable bonds is 8. The van der Waals surface area contributed by atoms with Crippen molar-refractivity contribution in [1.29, 1.82) is 0 Å². The molecule has 2 unspecified atom stereocenters. The summed E-state index contributed by atoms with van der Waals surface area (Å²) < 4.78 is 10.9. The standard InChI is InChI=1S/C26H29N3O4/c1-17-13-19(21-7-5-6-8-22(21)27-17)16-32-20-11-9-18(10-12-20)23-14-25(33-28-23)24(29(2)3)15-26(30)31-4/h5-14,24-25,28H,15-16H2,1-4H3. The maximum Gasteiger partial charge on any atom is 0.307 e. The molecule has 0 amide bonds. The van der Waals surface area contributed by atoms with E-state index in [1.54, 1.807) is 0 Å². The Kier molecular flexibility index (Phi) is 6.91. The molecule has 0 saturated heterocycles. The third-order valence-corrected chi connectivity index (χ3v) is 5.77. The second-order valence-corrected chi connectivity index (χ2v) is 8.33. The summed E-state index contributed by atoms with van der Waals surface area (Å²) >= 11 is 0. The first-order valence-corrected chi connectivity index (χ1v) is 10.9. The fourth-order valence-electron chi connectivity index (χ4n) is 3.96. The fourth-order valence-corrected chi connectivity index (χ4v) is 3.96. The molecule has 7 heteroatoms. The molecule has 1 aliphatic rings. The number of fused-ring (bicyclic) bond motifs is 1. The van der Waals surface area contributed by atoms with E-state index in [1.807, 2.05) is 74.5 Å². The molecule has 3 aromatic rings. The number of methoxy groups -OCH3 is 1. The van der Waals surface area contributed by atoms with Gasteiger partial charge in [0.25, 0.3) is 0 Å². The molecule has 0 spiro atoms. The van der Waals surface area contributed by atoms with Crippen molar-refractivity contribution in [3.63, 3.8) is 0 Å². The predicted octanol–water partition coefficient (Wildman–Crippen LogP) is 3.86. The van der Waals surface area contributed by atoms with Crippen LogP contribution in [0.3, 0.4) is 0 Å². The van der Waals surface area contributed by atoms with Crippen molar-refractivity contribution in [3.05, 3.63) is 77.5 Å². The molecule has 2 aromatic carbocycles. The number of benzene rings is 2. The van der Waals surface area contributed by atoms with Gasteiger partial charge < -0.3 is 14.4 Å². The zero-order valence-electron chi connectivity index (χ0n) is 19.4. The van der Waals surface area contributed by atoms with Gasteiger partial charge in [-0.25, -0.2) is 0 Å². The van der Waals surface area contributed by atoms with E-state index < -0.39 is 0 Å². The van der Waals surface area contributed by atoms with Crippen LogP contribution < -0.4 is 10.2 Å². The minimum absolute atomic E-state index is 0.135. The van der Waals surface area contributed by atoms with E-state index in [2.05, 4.69) is 22.6 Å². The predicted molar refractivity (Wildman–Crippen MR) is 127 cm³/mol. The number of hydroxylamine groups is 1. The van der Waals surface area contributed by atoms with Gasteiger partial charge in [-0.15, -0.1) is 0 Å². The van der Waals surface area contributed by atoms with Crippen LogP contribution in [0.2, 0.25) is 0 Å². The first-order valence-electron chi connectivity index (χ1n) is 10.9. The molecule has 1 aromatic heterocycles. The Labute approximate surface area is 193 Å². The molecule has 2 heterocycles. The zero-order chi connectivity index (χ0) is 23.4. The number of pyridine rings is 1. The van der Waals surface area contributed by atoms with Crippen molar-refractivity contribution in [2.75, 3.05) is 21.2 Å². The van der Waals surface area contributed by atoms with Crippen LogP contribution in [0.5, 0.6) is 5.75 Å². The van der Waals surface area contributed by atoms with Gasteiger partial charge in [0, 0.05) is 16.6 Å². The van der Waals surface area contributed by atoms with E-state index in [4.69, 9.17) is 14.3 Å². The number of carbonyl (C=O) groups is 1. The first-order chi connectivity index (χ1) is 15.9. The molecule has 1 N–H and O–H groups in total. The van der Waals surface area contributed by atoms with E-state index >= 15 is 0 Å². The number of para-hydroxylation sites is 1. The molecule has 1 aliphatic heterocycles. The lowest BCUT2D eigenvalue weighted by atomic mass is 10.0. The van der Waals surface area contributed by atoms with Gasteiger partial charge in [0.2, 0.25) is 0 Å². The van der Waals surface area contributed by atoms with Crippen molar-refractivity contribution in [3.8, 4) is 5.75 Å². The highest BCUT2D eigenvalue weighted by atomic mass is 16.7. The monoisotopic (exact) mass is 447 g/mol. The average Bonchev–Trinajstić information content (AvgIpc) is 3.30. The lowest BCUT2D eigenvalue weighted by molar-refractivity contribution is -0.143. The molecular weight excluding hydrogens is 418 g/mol. The lowest BCUT2D eigenvalue weighted by Crippen LogP contribution is -2.41. The van der Waals surface area contributed by atoms with Gasteiger partial charge in [-0.1, -0.05) is 18.2 Å². The van der Waals surface area contributed by atoms with Crippen LogP contribution in [0.1, 0.15) is 23.2 Å². The number of aryl methyl sites for hydroxylation is 1. The molecule has 4 rings (SSSR count). The number of nitrogens with zero attached hydrogens (tertiary/aromatic N) is 2. The Morgan fingerprint density at radius 2 is 1.94 bits per heavy atom. The highest BCUT2D eigenvalue weighted by Crippen LogP contribution is 2.26. The maximum absolute atomic E-state index is 11.8. The number of aromatic nitrogens is 1. The summed E-state index contributed by atoms with van der Waals surface area (Å²) in [6.45, 7) is 2.46. The van der Waals surface area contributed by atoms with E-state index in [-0.39, 0.29) is 24.5 Å². The molecule has 33 heavy (non-hydrogen) atoms. The Morgan fingerprint density at radius 1 is 1.18 bits per heavy atom. The first kappa shape index (κ1) is 22.8. The van der Waals surface area contributed by atoms with Crippen LogP contribution in [0.25, 0.3) is 16.6 Å². The molecular formula is C26H29N3O4. The summed E-state index contributed by atoms with van der Waals surface area (Å²) in [4.78, 5) is 24.1. The Bertz CT molecular complexity index is 1160. The van der Waals surface area contributed by atoms with Crippen LogP contribution in [0.4, 0.5) is 0 Å². The summed E-state index contributed by atoms with van der Waals surface area (Å²) in [5.41, 5.74) is 7.88. The second kappa shape index (κ2) is 10.0. The lowest BCUT2D eigenvalue weighted by Gasteiger charge is -2.26. The van der Waals surface area contributed by atoms with Crippen molar-refractivity contribution in [1.82, 2.24) is 15.4 Å². The van der Waals surface area contributed by atoms with Crippen LogP contribution in [-0.2, 0) is 21.0 Å². The Morgan fingerprint density at radius 3 is 2.67 bits per heavy atom. The van der Waals surface area contributed by atoms with Gasteiger partial charge in [0.05, 0.1) is 30.8 Å². The topological polar surface area (TPSA) is 72.9 Å². The third-order valence-electron chi connectivity index (χ3n) is 5.77. The normalized spacial score (nSPS) is 16.4. The third kappa shape index (κ3) is 5.32. The molecule has 7 nitrogen and oxygen atoms in total. The van der Waals surface area contributed by atoms with E-state index in [1.165, 1.54) is 7.11 Å². The minimum atomic E-state index is -0.270. The second-order valence-electron chi connectivity index (χ2n) is 8.33. The van der Waals surface area contributed by atoms with Crippen LogP contribution >= 0.6 is 0 Å². The van der Waals surface area contributed by atoms with Crippen LogP contribution in [0, 0.1) is 6.92 Å². The summed E-state index contributed by atoms with van der Waals surface area (Å²) in [6.07, 6.45) is 1.97. The Hall–Kier alpha value is -3.42. The molecule has 0 aliphatic carbocycles. The smallest absolute Gasteiger partial charge is 0.307 e.